The summed E-state index contributed by atoms with van der Waals surface area (Å²) in [5.74, 6) is -0.0592. The van der Waals surface area contributed by atoms with Crippen molar-refractivity contribution in [1.29, 1.82) is 0 Å². The molecule has 0 radical (unpaired) electrons. The highest BCUT2D eigenvalue weighted by molar-refractivity contribution is 5.68. The van der Waals surface area contributed by atoms with E-state index >= 15 is 0 Å². The van der Waals surface area contributed by atoms with Gasteiger partial charge in [0.15, 0.2) is 0 Å². The Morgan fingerprint density at radius 1 is 1.08 bits per heavy atom. The lowest BCUT2D eigenvalue weighted by molar-refractivity contribution is -0.135. The third-order valence-corrected chi connectivity index (χ3v) is 3.86. The maximum Gasteiger partial charge on any atom is 0.317 e. The third-order valence-electron chi connectivity index (χ3n) is 3.86. The Morgan fingerprint density at radius 3 is 2.31 bits per heavy atom. The van der Waals surface area contributed by atoms with Gasteiger partial charge in [-0.1, -0.05) is 39.0 Å². The molecular weight excluding hydrogens is 334 g/mol. The number of aliphatic carboxylic acids is 1. The fourth-order valence-corrected chi connectivity index (χ4v) is 2.35. The number of carboxylic acid groups (broad SMARTS) is 1. The average Bonchev–Trinajstić information content (AvgIpc) is 2.56. The lowest BCUT2D eigenvalue weighted by Crippen LogP contribution is -2.42. The standard InChI is InChI=1S/C19H33N3O4/c1-19(2,3)16(26-15-7-5-4-6-8-15)13-17(23)22-12-11-20-9-10-21-14-18(24)25/h4-8,16-17,20-23H,9-14H2,1-3H3,(H,24,25). The van der Waals surface area contributed by atoms with Gasteiger partial charge in [0.2, 0.25) is 0 Å². The van der Waals surface area contributed by atoms with Gasteiger partial charge in [-0.15, -0.1) is 0 Å². The molecule has 7 nitrogen and oxygen atoms in total. The van der Waals surface area contributed by atoms with Crippen LogP contribution in [0.3, 0.4) is 0 Å². The SMILES string of the molecule is CC(C)(C)C(CC(O)NCCNCCNCC(=O)O)Oc1ccccc1. The lowest BCUT2D eigenvalue weighted by atomic mass is 9.86. The number of aliphatic hydroxyl groups excluding tert-OH is 1. The van der Waals surface area contributed by atoms with Gasteiger partial charge < -0.3 is 25.6 Å². The first-order chi connectivity index (χ1) is 12.3. The second-order valence-corrected chi connectivity index (χ2v) is 7.31. The Kier molecular flexibility index (Phi) is 10.2. The van der Waals surface area contributed by atoms with Crippen molar-refractivity contribution in [2.45, 2.75) is 39.5 Å². The molecule has 2 atom stereocenters. The van der Waals surface area contributed by atoms with Crippen LogP contribution in [0.15, 0.2) is 30.3 Å². The van der Waals surface area contributed by atoms with E-state index < -0.39 is 12.2 Å². The number of rotatable bonds is 13. The third kappa shape index (κ3) is 10.4. The molecule has 0 saturated carbocycles. The van der Waals surface area contributed by atoms with E-state index in [1.807, 2.05) is 30.3 Å². The summed E-state index contributed by atoms with van der Waals surface area (Å²) in [4.78, 5) is 10.4. The van der Waals surface area contributed by atoms with Crippen LogP contribution in [0, 0.1) is 5.41 Å². The van der Waals surface area contributed by atoms with Crippen molar-refractivity contribution in [1.82, 2.24) is 16.0 Å². The molecule has 26 heavy (non-hydrogen) atoms. The predicted molar refractivity (Wildman–Crippen MR) is 102 cm³/mol. The molecule has 1 aromatic rings. The monoisotopic (exact) mass is 367 g/mol. The molecule has 1 aromatic carbocycles. The highest BCUT2D eigenvalue weighted by Crippen LogP contribution is 2.27. The Balaban J connectivity index is 2.25. The van der Waals surface area contributed by atoms with Crippen molar-refractivity contribution >= 4 is 5.97 Å². The topological polar surface area (TPSA) is 103 Å². The average molecular weight is 367 g/mol. The first kappa shape index (κ1) is 22.4. The number of nitrogens with one attached hydrogen (secondary N) is 3. The molecule has 7 heteroatoms. The Labute approximate surface area is 156 Å². The molecular formula is C19H33N3O4. The molecule has 148 valence electrons. The van der Waals surface area contributed by atoms with Crippen LogP contribution in [0.5, 0.6) is 5.75 Å². The van der Waals surface area contributed by atoms with Crippen molar-refractivity contribution < 1.29 is 19.7 Å². The largest absolute Gasteiger partial charge is 0.490 e. The number of hydrogen-bond acceptors (Lipinski definition) is 6. The van der Waals surface area contributed by atoms with Gasteiger partial charge >= 0.3 is 5.97 Å². The van der Waals surface area contributed by atoms with Crippen LogP contribution < -0.4 is 20.7 Å². The van der Waals surface area contributed by atoms with Gasteiger partial charge in [0.1, 0.15) is 18.1 Å². The van der Waals surface area contributed by atoms with Gasteiger partial charge in [0, 0.05) is 32.6 Å². The minimum Gasteiger partial charge on any atom is -0.490 e. The quantitative estimate of drug-likeness (QED) is 0.262. The van der Waals surface area contributed by atoms with E-state index in [9.17, 15) is 9.90 Å². The van der Waals surface area contributed by atoms with Crippen LogP contribution in [0.4, 0.5) is 0 Å². The van der Waals surface area contributed by atoms with E-state index in [0.29, 0.717) is 32.6 Å². The molecule has 0 aliphatic rings. The minimum absolute atomic E-state index is 0.0335. The van der Waals surface area contributed by atoms with Crippen LogP contribution in [0.2, 0.25) is 0 Å². The minimum atomic E-state index is -0.860. The smallest absolute Gasteiger partial charge is 0.317 e. The zero-order valence-corrected chi connectivity index (χ0v) is 16.0. The first-order valence-corrected chi connectivity index (χ1v) is 9.05. The lowest BCUT2D eigenvalue weighted by Gasteiger charge is -2.33. The van der Waals surface area contributed by atoms with E-state index in [1.165, 1.54) is 0 Å². The second kappa shape index (κ2) is 11.9. The van der Waals surface area contributed by atoms with Crippen molar-refractivity contribution in [2.24, 2.45) is 5.41 Å². The molecule has 0 aliphatic heterocycles. The number of para-hydroxylation sites is 1. The summed E-state index contributed by atoms with van der Waals surface area (Å²) in [6.45, 7) is 8.82. The highest BCUT2D eigenvalue weighted by Gasteiger charge is 2.28. The van der Waals surface area contributed by atoms with Crippen LogP contribution in [-0.4, -0.2) is 61.2 Å². The molecule has 0 aliphatic carbocycles. The van der Waals surface area contributed by atoms with Crippen molar-refractivity contribution in [3.63, 3.8) is 0 Å². The zero-order chi connectivity index (χ0) is 19.4. The van der Waals surface area contributed by atoms with Crippen LogP contribution in [-0.2, 0) is 4.79 Å². The van der Waals surface area contributed by atoms with Gasteiger partial charge in [0.05, 0.1) is 6.54 Å². The van der Waals surface area contributed by atoms with E-state index in [2.05, 4.69) is 36.7 Å². The van der Waals surface area contributed by atoms with Crippen molar-refractivity contribution in [2.75, 3.05) is 32.7 Å². The predicted octanol–water partition coefficient (Wildman–Crippen LogP) is 1.04. The molecule has 0 aromatic heterocycles. The van der Waals surface area contributed by atoms with E-state index in [0.717, 1.165) is 5.75 Å². The molecule has 0 amide bonds. The Morgan fingerprint density at radius 2 is 1.69 bits per heavy atom. The van der Waals surface area contributed by atoms with Crippen LogP contribution in [0.25, 0.3) is 0 Å². The summed E-state index contributed by atoms with van der Waals surface area (Å²) in [5, 5.41) is 27.8. The van der Waals surface area contributed by atoms with Crippen LogP contribution >= 0.6 is 0 Å². The number of benzene rings is 1. The summed E-state index contributed by atoms with van der Waals surface area (Å²) in [5.41, 5.74) is -0.105. The molecule has 0 spiro atoms. The number of aliphatic hydroxyl groups is 1. The van der Waals surface area contributed by atoms with Crippen molar-refractivity contribution in [3.05, 3.63) is 30.3 Å². The van der Waals surface area contributed by atoms with E-state index in [4.69, 9.17) is 9.84 Å². The molecule has 5 N–H and O–H groups in total. The maximum atomic E-state index is 10.4. The summed E-state index contributed by atoms with van der Waals surface area (Å²) in [6.07, 6.45) is -0.297. The Bertz CT molecular complexity index is 505. The van der Waals surface area contributed by atoms with Gasteiger partial charge in [-0.25, -0.2) is 0 Å². The summed E-state index contributed by atoms with van der Waals surface area (Å²) in [6, 6.07) is 9.64. The number of carbonyl (C=O) groups is 1. The molecule has 0 heterocycles. The molecule has 0 saturated heterocycles. The number of hydrogen-bond donors (Lipinski definition) is 5. The van der Waals surface area contributed by atoms with Gasteiger partial charge in [-0.3, -0.25) is 10.1 Å². The fourth-order valence-electron chi connectivity index (χ4n) is 2.35. The maximum absolute atomic E-state index is 10.4. The van der Waals surface area contributed by atoms with Gasteiger partial charge in [-0.2, -0.15) is 0 Å². The first-order valence-electron chi connectivity index (χ1n) is 9.05. The molecule has 1 rings (SSSR count). The molecule has 2 unspecified atom stereocenters. The van der Waals surface area contributed by atoms with Gasteiger partial charge in [-0.05, 0) is 17.5 Å². The fraction of sp³-hybridized carbons (Fsp3) is 0.632. The number of carboxylic acids is 1. The summed E-state index contributed by atoms with van der Waals surface area (Å²) < 4.78 is 6.07. The zero-order valence-electron chi connectivity index (χ0n) is 16.0. The molecule has 0 fully saturated rings. The second-order valence-electron chi connectivity index (χ2n) is 7.31. The molecule has 0 bridgehead atoms. The van der Waals surface area contributed by atoms with E-state index in [-0.39, 0.29) is 18.1 Å². The summed E-state index contributed by atoms with van der Waals surface area (Å²) >= 11 is 0. The Hall–Kier alpha value is -1.67. The summed E-state index contributed by atoms with van der Waals surface area (Å²) in [7, 11) is 0. The van der Waals surface area contributed by atoms with Gasteiger partial charge in [0.25, 0.3) is 0 Å². The van der Waals surface area contributed by atoms with E-state index in [1.54, 1.807) is 0 Å². The normalized spacial score (nSPS) is 14.0. The van der Waals surface area contributed by atoms with Crippen molar-refractivity contribution in [3.8, 4) is 5.75 Å². The highest BCUT2D eigenvalue weighted by atomic mass is 16.5. The van der Waals surface area contributed by atoms with Crippen LogP contribution in [0.1, 0.15) is 27.2 Å². The number of ether oxygens (including phenoxy) is 1.